The Labute approximate surface area is 92.6 Å². The summed E-state index contributed by atoms with van der Waals surface area (Å²) in [6.07, 6.45) is 0. The number of aryl methyl sites for hydroxylation is 1. The van der Waals surface area contributed by atoms with Crippen molar-refractivity contribution in [3.05, 3.63) is 15.9 Å². The van der Waals surface area contributed by atoms with Crippen molar-refractivity contribution < 1.29 is 4.74 Å². The summed E-state index contributed by atoms with van der Waals surface area (Å²) in [4.78, 5) is 0. The van der Waals surface area contributed by atoms with Crippen LogP contribution in [0.1, 0.15) is 18.3 Å². The van der Waals surface area contributed by atoms with Crippen molar-refractivity contribution >= 4 is 15.9 Å². The minimum Gasteiger partial charge on any atom is -0.380 e. The molecule has 1 aliphatic heterocycles. The van der Waals surface area contributed by atoms with E-state index in [0.29, 0.717) is 0 Å². The number of nitrogens with zero attached hydrogens (tertiary/aromatic N) is 2. The second-order valence-corrected chi connectivity index (χ2v) is 5.24. The zero-order valence-electron chi connectivity index (χ0n) is 8.80. The summed E-state index contributed by atoms with van der Waals surface area (Å²) >= 11 is 3.53. The second-order valence-electron chi connectivity index (χ2n) is 4.45. The smallest absolute Gasteiger partial charge is 0.0738 e. The lowest BCUT2D eigenvalue weighted by atomic mass is 9.89. The zero-order chi connectivity index (χ0) is 10.3. The first-order valence-corrected chi connectivity index (χ1v) is 5.58. The summed E-state index contributed by atoms with van der Waals surface area (Å²) in [7, 11) is 0. The van der Waals surface area contributed by atoms with Gasteiger partial charge in [-0.2, -0.15) is 5.10 Å². The minimum atomic E-state index is 0.280. The Morgan fingerprint density at radius 2 is 2.14 bits per heavy atom. The molecule has 1 aromatic rings. The number of hydrogen-bond acceptors (Lipinski definition) is 2. The molecule has 0 amide bonds. The molecule has 78 valence electrons. The van der Waals surface area contributed by atoms with Crippen LogP contribution in [-0.2, 0) is 11.3 Å². The maximum absolute atomic E-state index is 5.23. The van der Waals surface area contributed by atoms with Crippen LogP contribution in [0.15, 0.2) is 4.47 Å². The van der Waals surface area contributed by atoms with Gasteiger partial charge in [-0.3, -0.25) is 4.68 Å². The first kappa shape index (κ1) is 10.2. The largest absolute Gasteiger partial charge is 0.380 e. The van der Waals surface area contributed by atoms with E-state index >= 15 is 0 Å². The van der Waals surface area contributed by atoms with E-state index in [1.165, 1.54) is 5.69 Å². The lowest BCUT2D eigenvalue weighted by Gasteiger charge is -2.38. The van der Waals surface area contributed by atoms with Crippen LogP contribution in [-0.4, -0.2) is 23.0 Å². The van der Waals surface area contributed by atoms with Gasteiger partial charge in [0.2, 0.25) is 0 Å². The highest BCUT2D eigenvalue weighted by molar-refractivity contribution is 9.10. The van der Waals surface area contributed by atoms with E-state index in [4.69, 9.17) is 4.74 Å². The lowest BCUT2D eigenvalue weighted by molar-refractivity contribution is -0.111. The van der Waals surface area contributed by atoms with Crippen LogP contribution in [0, 0.1) is 19.3 Å². The van der Waals surface area contributed by atoms with E-state index in [-0.39, 0.29) is 5.41 Å². The highest BCUT2D eigenvalue weighted by Gasteiger charge is 2.34. The fraction of sp³-hybridized carbons (Fsp3) is 0.700. The van der Waals surface area contributed by atoms with Crippen molar-refractivity contribution in [2.75, 3.05) is 13.2 Å². The number of aromatic nitrogens is 2. The van der Waals surface area contributed by atoms with Crippen LogP contribution >= 0.6 is 15.9 Å². The predicted molar refractivity (Wildman–Crippen MR) is 58.3 cm³/mol. The molecule has 0 bridgehead atoms. The molecule has 0 aliphatic carbocycles. The molecule has 4 heteroatoms. The molecule has 0 N–H and O–H groups in total. The quantitative estimate of drug-likeness (QED) is 0.814. The maximum atomic E-state index is 5.23. The third-order valence-corrected chi connectivity index (χ3v) is 3.87. The molecule has 2 heterocycles. The average Bonchev–Trinajstić information content (AvgIpc) is 2.31. The van der Waals surface area contributed by atoms with E-state index in [2.05, 4.69) is 39.6 Å². The van der Waals surface area contributed by atoms with E-state index < -0.39 is 0 Å². The molecule has 0 atom stereocenters. The highest BCUT2D eigenvalue weighted by Crippen LogP contribution is 2.30. The van der Waals surface area contributed by atoms with Gasteiger partial charge in [0.15, 0.2) is 0 Å². The monoisotopic (exact) mass is 258 g/mol. The van der Waals surface area contributed by atoms with Crippen molar-refractivity contribution in [3.63, 3.8) is 0 Å². The Morgan fingerprint density at radius 1 is 1.50 bits per heavy atom. The zero-order valence-corrected chi connectivity index (χ0v) is 10.4. The summed E-state index contributed by atoms with van der Waals surface area (Å²) in [6.45, 7) is 9.00. The first-order chi connectivity index (χ1) is 6.52. The molecule has 0 aromatic carbocycles. The van der Waals surface area contributed by atoms with Gasteiger partial charge in [-0.15, -0.1) is 0 Å². The highest BCUT2D eigenvalue weighted by atomic mass is 79.9. The lowest BCUT2D eigenvalue weighted by Crippen LogP contribution is -2.43. The molecule has 0 unspecified atom stereocenters. The van der Waals surface area contributed by atoms with E-state index in [1.807, 2.05) is 6.92 Å². The van der Waals surface area contributed by atoms with Crippen molar-refractivity contribution in [2.24, 2.45) is 5.41 Å². The van der Waals surface area contributed by atoms with Crippen LogP contribution in [0.2, 0.25) is 0 Å². The van der Waals surface area contributed by atoms with Crippen LogP contribution in [0.3, 0.4) is 0 Å². The summed E-state index contributed by atoms with van der Waals surface area (Å²) < 4.78 is 8.43. The molecule has 14 heavy (non-hydrogen) atoms. The topological polar surface area (TPSA) is 27.1 Å². The molecular formula is C10H15BrN2O. The van der Waals surface area contributed by atoms with Gasteiger partial charge in [-0.25, -0.2) is 0 Å². The van der Waals surface area contributed by atoms with Crippen LogP contribution < -0.4 is 0 Å². The van der Waals surface area contributed by atoms with E-state index in [9.17, 15) is 0 Å². The second kappa shape index (κ2) is 3.35. The van der Waals surface area contributed by atoms with Crippen molar-refractivity contribution in [2.45, 2.75) is 27.3 Å². The molecule has 0 radical (unpaired) electrons. The maximum Gasteiger partial charge on any atom is 0.0738 e. The number of rotatable bonds is 2. The van der Waals surface area contributed by atoms with Crippen molar-refractivity contribution in [1.29, 1.82) is 0 Å². The molecular weight excluding hydrogens is 244 g/mol. The van der Waals surface area contributed by atoms with Crippen molar-refractivity contribution in [3.8, 4) is 0 Å². The van der Waals surface area contributed by atoms with Gasteiger partial charge in [0.1, 0.15) is 0 Å². The Hall–Kier alpha value is -0.350. The SMILES string of the molecule is Cc1nn(CC2(C)COC2)c(C)c1Br. The standard InChI is InChI=1S/C10H15BrN2O/c1-7-9(11)8(2)13(12-7)4-10(3)5-14-6-10/h4-6H2,1-3H3. The average molecular weight is 259 g/mol. The number of halogens is 1. The van der Waals surface area contributed by atoms with Gasteiger partial charge < -0.3 is 4.74 Å². The predicted octanol–water partition coefficient (Wildman–Crippen LogP) is 2.30. The normalized spacial score (nSPS) is 19.4. The van der Waals surface area contributed by atoms with Crippen molar-refractivity contribution in [1.82, 2.24) is 9.78 Å². The van der Waals surface area contributed by atoms with Gasteiger partial charge in [-0.05, 0) is 29.8 Å². The molecule has 2 rings (SSSR count). The third kappa shape index (κ3) is 1.61. The van der Waals surface area contributed by atoms with Gasteiger partial charge >= 0.3 is 0 Å². The molecule has 1 fully saturated rings. The number of hydrogen-bond donors (Lipinski definition) is 0. The fourth-order valence-electron chi connectivity index (χ4n) is 1.73. The Kier molecular flexibility index (Phi) is 2.43. The molecule has 1 aromatic heterocycles. The fourth-order valence-corrected chi connectivity index (χ4v) is 2.02. The molecule has 1 aliphatic rings. The molecule has 1 saturated heterocycles. The van der Waals surface area contributed by atoms with Gasteiger partial charge in [0, 0.05) is 11.1 Å². The molecule has 3 nitrogen and oxygen atoms in total. The summed E-state index contributed by atoms with van der Waals surface area (Å²) in [5.41, 5.74) is 2.55. The Bertz CT molecular complexity index is 355. The number of ether oxygens (including phenoxy) is 1. The van der Waals surface area contributed by atoms with Gasteiger partial charge in [0.05, 0.1) is 29.9 Å². The van der Waals surface area contributed by atoms with Crippen LogP contribution in [0.4, 0.5) is 0 Å². The first-order valence-electron chi connectivity index (χ1n) is 4.79. The van der Waals surface area contributed by atoms with Crippen LogP contribution in [0.25, 0.3) is 0 Å². The van der Waals surface area contributed by atoms with Gasteiger partial charge in [-0.1, -0.05) is 6.92 Å². The summed E-state index contributed by atoms with van der Waals surface area (Å²) in [5, 5.41) is 4.49. The minimum absolute atomic E-state index is 0.280. The summed E-state index contributed by atoms with van der Waals surface area (Å²) in [6, 6.07) is 0. The Morgan fingerprint density at radius 3 is 2.50 bits per heavy atom. The van der Waals surface area contributed by atoms with Gasteiger partial charge in [0.25, 0.3) is 0 Å². The third-order valence-electron chi connectivity index (χ3n) is 2.73. The molecule has 0 saturated carbocycles. The van der Waals surface area contributed by atoms with E-state index in [1.54, 1.807) is 0 Å². The van der Waals surface area contributed by atoms with E-state index in [0.717, 1.165) is 29.9 Å². The molecule has 0 spiro atoms. The van der Waals surface area contributed by atoms with Crippen LogP contribution in [0.5, 0.6) is 0 Å². The Balaban J connectivity index is 2.20. The summed E-state index contributed by atoms with van der Waals surface area (Å²) in [5.74, 6) is 0.